The Hall–Kier alpha value is -0.760. The molecule has 1 N–H and O–H groups in total. The van der Waals surface area contributed by atoms with Crippen LogP contribution in [0.4, 0.5) is 0 Å². The Morgan fingerprint density at radius 1 is 1.20 bits per heavy atom. The lowest BCUT2D eigenvalue weighted by molar-refractivity contribution is 0.147. The van der Waals surface area contributed by atoms with Gasteiger partial charge in [0.25, 0.3) is 0 Å². The van der Waals surface area contributed by atoms with Crippen LogP contribution in [0.3, 0.4) is 0 Å². The van der Waals surface area contributed by atoms with E-state index in [1.54, 1.807) is 0 Å². The summed E-state index contributed by atoms with van der Waals surface area (Å²) in [7, 11) is 0. The summed E-state index contributed by atoms with van der Waals surface area (Å²) in [6.45, 7) is 12.5. The maximum atomic E-state index is 5.68. The van der Waals surface area contributed by atoms with Crippen LogP contribution >= 0.6 is 0 Å². The largest absolute Gasteiger partial charge is 0.465 e. The lowest BCUT2D eigenvalue weighted by atomic mass is 9.70. The molecule has 1 aliphatic rings. The third-order valence-corrected chi connectivity index (χ3v) is 4.97. The molecule has 0 bridgehead atoms. The van der Waals surface area contributed by atoms with E-state index in [-0.39, 0.29) is 0 Å². The van der Waals surface area contributed by atoms with Gasteiger partial charge in [0, 0.05) is 0 Å². The Labute approximate surface area is 124 Å². The summed E-state index contributed by atoms with van der Waals surface area (Å²) < 4.78 is 5.68. The minimum absolute atomic E-state index is 0.323. The van der Waals surface area contributed by atoms with Gasteiger partial charge in [-0.3, -0.25) is 0 Å². The lowest BCUT2D eigenvalue weighted by Crippen LogP contribution is -2.31. The highest BCUT2D eigenvalue weighted by molar-refractivity contribution is 5.08. The zero-order valence-corrected chi connectivity index (χ0v) is 13.8. The van der Waals surface area contributed by atoms with Gasteiger partial charge in [-0.05, 0) is 75.5 Å². The van der Waals surface area contributed by atoms with E-state index in [4.69, 9.17) is 4.42 Å². The first kappa shape index (κ1) is 15.6. The molecule has 1 fully saturated rings. The van der Waals surface area contributed by atoms with E-state index in [0.717, 1.165) is 29.9 Å². The van der Waals surface area contributed by atoms with Gasteiger partial charge >= 0.3 is 0 Å². The van der Waals surface area contributed by atoms with Gasteiger partial charge in [0.2, 0.25) is 0 Å². The van der Waals surface area contributed by atoms with Crippen molar-refractivity contribution < 1.29 is 4.42 Å². The zero-order valence-electron chi connectivity index (χ0n) is 13.8. The van der Waals surface area contributed by atoms with Crippen molar-refractivity contribution in [3.63, 3.8) is 0 Å². The highest BCUT2D eigenvalue weighted by Crippen LogP contribution is 2.39. The molecule has 0 radical (unpaired) electrons. The van der Waals surface area contributed by atoms with Crippen LogP contribution in [-0.2, 0) is 0 Å². The molecule has 1 aromatic rings. The van der Waals surface area contributed by atoms with E-state index >= 15 is 0 Å². The molecule has 0 spiro atoms. The number of hydrogen-bond donors (Lipinski definition) is 1. The van der Waals surface area contributed by atoms with Crippen molar-refractivity contribution >= 4 is 0 Å². The number of furan rings is 1. The average molecular weight is 277 g/mol. The first-order valence-electron chi connectivity index (χ1n) is 8.16. The van der Waals surface area contributed by atoms with Crippen molar-refractivity contribution in [2.45, 2.75) is 66.3 Å². The first-order chi connectivity index (χ1) is 9.36. The minimum atomic E-state index is 0.323. The predicted molar refractivity (Wildman–Crippen MR) is 84.8 cm³/mol. The first-order valence-corrected chi connectivity index (χ1v) is 8.16. The van der Waals surface area contributed by atoms with Gasteiger partial charge < -0.3 is 9.73 Å². The molecule has 2 rings (SSSR count). The second-order valence-electron chi connectivity index (χ2n) is 7.66. The van der Waals surface area contributed by atoms with E-state index < -0.39 is 0 Å². The molecule has 0 aromatic carbocycles. The predicted octanol–water partition coefficient (Wildman–Crippen LogP) is 5.09. The van der Waals surface area contributed by atoms with Crippen LogP contribution in [0.2, 0.25) is 0 Å². The van der Waals surface area contributed by atoms with Crippen LogP contribution in [0, 0.1) is 24.2 Å². The Bertz CT molecular complexity index is 407. The zero-order chi connectivity index (χ0) is 14.8. The highest BCUT2D eigenvalue weighted by atomic mass is 16.3. The standard InChI is InChI=1S/C18H31NO/c1-13-6-11-17(20-13)14(2)19-12-15-7-9-16(10-8-15)18(3,4)5/h6,11,14-16,19H,7-10,12H2,1-5H3. The van der Waals surface area contributed by atoms with Gasteiger partial charge in [0.1, 0.15) is 11.5 Å². The number of rotatable bonds is 4. The lowest BCUT2D eigenvalue weighted by Gasteiger charge is -2.37. The average Bonchev–Trinajstić information content (AvgIpc) is 2.82. The molecule has 2 heteroatoms. The summed E-state index contributed by atoms with van der Waals surface area (Å²) in [5, 5.41) is 3.64. The number of aryl methyl sites for hydroxylation is 1. The minimum Gasteiger partial charge on any atom is -0.465 e. The summed E-state index contributed by atoms with van der Waals surface area (Å²) in [5.74, 6) is 3.81. The van der Waals surface area contributed by atoms with E-state index in [9.17, 15) is 0 Å². The second-order valence-corrected chi connectivity index (χ2v) is 7.66. The van der Waals surface area contributed by atoms with Gasteiger partial charge in [0.05, 0.1) is 6.04 Å². The maximum absolute atomic E-state index is 5.68. The molecule has 1 atom stereocenters. The molecule has 0 aliphatic heterocycles. The molecule has 0 saturated heterocycles. The Kier molecular flexibility index (Phi) is 4.95. The summed E-state index contributed by atoms with van der Waals surface area (Å²) in [6, 6.07) is 4.45. The van der Waals surface area contributed by atoms with Gasteiger partial charge in [-0.15, -0.1) is 0 Å². The number of nitrogens with one attached hydrogen (secondary N) is 1. The second kappa shape index (κ2) is 6.34. The van der Waals surface area contributed by atoms with Gasteiger partial charge in [-0.2, -0.15) is 0 Å². The molecule has 114 valence electrons. The molecule has 2 nitrogen and oxygen atoms in total. The summed E-state index contributed by atoms with van der Waals surface area (Å²) >= 11 is 0. The third kappa shape index (κ3) is 4.12. The van der Waals surface area contributed by atoms with Crippen LogP contribution in [0.1, 0.15) is 70.9 Å². The third-order valence-electron chi connectivity index (χ3n) is 4.97. The molecule has 1 aliphatic carbocycles. The van der Waals surface area contributed by atoms with Crippen LogP contribution in [0.5, 0.6) is 0 Å². The topological polar surface area (TPSA) is 25.2 Å². The normalized spacial score (nSPS) is 25.6. The molecule has 0 amide bonds. The monoisotopic (exact) mass is 277 g/mol. The summed E-state index contributed by atoms with van der Waals surface area (Å²) in [4.78, 5) is 0. The van der Waals surface area contributed by atoms with Gasteiger partial charge in [-0.25, -0.2) is 0 Å². The van der Waals surface area contributed by atoms with E-state index in [0.29, 0.717) is 11.5 Å². The Balaban J connectivity index is 1.73. The quantitative estimate of drug-likeness (QED) is 0.829. The Morgan fingerprint density at radius 2 is 1.85 bits per heavy atom. The molecule has 1 aromatic heterocycles. The molecule has 1 unspecified atom stereocenters. The highest BCUT2D eigenvalue weighted by Gasteiger charge is 2.29. The van der Waals surface area contributed by atoms with Crippen molar-refractivity contribution in [2.75, 3.05) is 6.54 Å². The molecule has 1 saturated carbocycles. The smallest absolute Gasteiger partial charge is 0.120 e. The SMILES string of the molecule is Cc1ccc(C(C)NCC2CCC(C(C)(C)C)CC2)o1. The fourth-order valence-electron chi connectivity index (χ4n) is 3.36. The van der Waals surface area contributed by atoms with Gasteiger partial charge in [0.15, 0.2) is 0 Å². The fourth-order valence-corrected chi connectivity index (χ4v) is 3.36. The van der Waals surface area contributed by atoms with Crippen molar-refractivity contribution in [1.29, 1.82) is 0 Å². The Morgan fingerprint density at radius 3 is 2.35 bits per heavy atom. The van der Waals surface area contributed by atoms with Crippen LogP contribution in [0.15, 0.2) is 16.5 Å². The van der Waals surface area contributed by atoms with Crippen molar-refractivity contribution in [2.24, 2.45) is 17.3 Å². The van der Waals surface area contributed by atoms with Crippen LogP contribution in [-0.4, -0.2) is 6.54 Å². The van der Waals surface area contributed by atoms with Gasteiger partial charge in [-0.1, -0.05) is 20.8 Å². The van der Waals surface area contributed by atoms with E-state index in [1.165, 1.54) is 25.7 Å². The number of hydrogen-bond acceptors (Lipinski definition) is 2. The molecule has 1 heterocycles. The van der Waals surface area contributed by atoms with E-state index in [2.05, 4.69) is 39.1 Å². The van der Waals surface area contributed by atoms with Crippen molar-refractivity contribution in [3.05, 3.63) is 23.7 Å². The molecular weight excluding hydrogens is 246 g/mol. The van der Waals surface area contributed by atoms with Crippen molar-refractivity contribution in [1.82, 2.24) is 5.32 Å². The molecular formula is C18H31NO. The maximum Gasteiger partial charge on any atom is 0.120 e. The summed E-state index contributed by atoms with van der Waals surface area (Å²) in [5.41, 5.74) is 0.484. The molecule has 20 heavy (non-hydrogen) atoms. The summed E-state index contributed by atoms with van der Waals surface area (Å²) in [6.07, 6.45) is 5.53. The fraction of sp³-hybridized carbons (Fsp3) is 0.778. The van der Waals surface area contributed by atoms with Crippen LogP contribution < -0.4 is 5.32 Å². The van der Waals surface area contributed by atoms with Crippen LogP contribution in [0.25, 0.3) is 0 Å². The van der Waals surface area contributed by atoms with Crippen molar-refractivity contribution in [3.8, 4) is 0 Å². The van der Waals surface area contributed by atoms with E-state index in [1.807, 2.05) is 13.0 Å².